The lowest BCUT2D eigenvalue weighted by Gasteiger charge is -2.18. The van der Waals surface area contributed by atoms with Gasteiger partial charge in [0.25, 0.3) is 0 Å². The average Bonchev–Trinajstić information content (AvgIpc) is 2.73. The topological polar surface area (TPSA) is 40.8 Å². The van der Waals surface area contributed by atoms with Gasteiger partial charge in [-0.05, 0) is 18.6 Å². The number of hydrogen-bond acceptors (Lipinski definition) is 3. The van der Waals surface area contributed by atoms with E-state index >= 15 is 0 Å². The van der Waals surface area contributed by atoms with Crippen LogP contribution in [0.3, 0.4) is 0 Å². The number of aromatic nitrogens is 2. The van der Waals surface area contributed by atoms with Gasteiger partial charge in [-0.1, -0.05) is 12.1 Å². The highest BCUT2D eigenvalue weighted by Gasteiger charge is 2.08. The summed E-state index contributed by atoms with van der Waals surface area (Å²) in [6.45, 7) is 8.14. The van der Waals surface area contributed by atoms with Crippen molar-refractivity contribution in [3.05, 3.63) is 48.4 Å². The summed E-state index contributed by atoms with van der Waals surface area (Å²) in [5.41, 5.74) is 3.29. The van der Waals surface area contributed by atoms with Gasteiger partial charge >= 0.3 is 0 Å². The first-order valence-corrected chi connectivity index (χ1v) is 6.11. The number of nitrogens with zero attached hydrogens (tertiary/aromatic N) is 3. The lowest BCUT2D eigenvalue weighted by Crippen LogP contribution is -2.27. The summed E-state index contributed by atoms with van der Waals surface area (Å²) in [6, 6.07) is 4.07. The summed E-state index contributed by atoms with van der Waals surface area (Å²) in [5.74, 6) is 0. The molecule has 0 unspecified atom stereocenters. The monoisotopic (exact) mass is 245 g/mol. The molecule has 0 radical (unpaired) electrons. The van der Waals surface area contributed by atoms with Crippen molar-refractivity contribution in [1.29, 1.82) is 0 Å². The van der Waals surface area contributed by atoms with Gasteiger partial charge in [0.05, 0.1) is 18.5 Å². The molecule has 0 aliphatic rings. The van der Waals surface area contributed by atoms with Crippen LogP contribution in [0.25, 0.3) is 5.65 Å². The molecule has 0 saturated heterocycles. The van der Waals surface area contributed by atoms with Gasteiger partial charge in [0.2, 0.25) is 0 Å². The van der Waals surface area contributed by atoms with Gasteiger partial charge in [0.1, 0.15) is 5.65 Å². The van der Waals surface area contributed by atoms with Gasteiger partial charge in [0.15, 0.2) is 0 Å². The third-order valence-electron chi connectivity index (χ3n) is 2.92. The zero-order valence-corrected chi connectivity index (χ0v) is 10.7. The van der Waals surface area contributed by atoms with Gasteiger partial charge in [-0.15, -0.1) is 6.58 Å². The van der Waals surface area contributed by atoms with E-state index in [-0.39, 0.29) is 6.61 Å². The van der Waals surface area contributed by atoms with Crippen LogP contribution in [-0.4, -0.2) is 39.1 Å². The highest BCUT2D eigenvalue weighted by atomic mass is 16.3. The molecule has 0 amide bonds. The fourth-order valence-electron chi connectivity index (χ4n) is 2.04. The second kappa shape index (κ2) is 5.80. The fraction of sp³-hybridized carbons (Fsp3) is 0.357. The summed E-state index contributed by atoms with van der Waals surface area (Å²) in [7, 11) is 0. The van der Waals surface area contributed by atoms with Crippen molar-refractivity contribution >= 4 is 5.65 Å². The zero-order chi connectivity index (χ0) is 13.0. The Morgan fingerprint density at radius 2 is 2.33 bits per heavy atom. The number of aliphatic hydroxyl groups is 1. The Morgan fingerprint density at radius 1 is 1.50 bits per heavy atom. The fourth-order valence-corrected chi connectivity index (χ4v) is 2.04. The van der Waals surface area contributed by atoms with Crippen molar-refractivity contribution in [2.45, 2.75) is 13.5 Å². The molecule has 2 rings (SSSR count). The lowest BCUT2D eigenvalue weighted by molar-refractivity contribution is 0.202. The van der Waals surface area contributed by atoms with Crippen molar-refractivity contribution in [3.8, 4) is 0 Å². The standard InChI is InChI=1S/C14H19N3O/c1-3-6-16(7-8-18)11-13-9-15-14-5-4-12(2)10-17(13)14/h3-5,9-10,18H,1,6-8,11H2,2H3. The Labute approximate surface area is 107 Å². The number of imidazole rings is 1. The molecule has 1 N–H and O–H groups in total. The number of pyridine rings is 1. The highest BCUT2D eigenvalue weighted by molar-refractivity contribution is 5.41. The van der Waals surface area contributed by atoms with Gasteiger partial charge in [-0.3, -0.25) is 4.90 Å². The van der Waals surface area contributed by atoms with Crippen molar-refractivity contribution in [2.24, 2.45) is 0 Å². The summed E-state index contributed by atoms with van der Waals surface area (Å²) in [5, 5.41) is 9.05. The first-order chi connectivity index (χ1) is 8.74. The minimum atomic E-state index is 0.156. The summed E-state index contributed by atoms with van der Waals surface area (Å²) in [4.78, 5) is 6.52. The molecular formula is C14H19N3O. The third-order valence-corrected chi connectivity index (χ3v) is 2.92. The number of aryl methyl sites for hydroxylation is 1. The van der Waals surface area contributed by atoms with Crippen LogP contribution in [0, 0.1) is 6.92 Å². The van der Waals surface area contributed by atoms with Gasteiger partial charge in [0, 0.05) is 25.8 Å². The van der Waals surface area contributed by atoms with E-state index in [4.69, 9.17) is 5.11 Å². The SMILES string of the molecule is C=CCN(CCO)Cc1cnc2ccc(C)cn12. The van der Waals surface area contributed by atoms with E-state index in [1.807, 2.05) is 18.3 Å². The van der Waals surface area contributed by atoms with Crippen LogP contribution in [-0.2, 0) is 6.54 Å². The van der Waals surface area contributed by atoms with Gasteiger partial charge in [-0.2, -0.15) is 0 Å². The van der Waals surface area contributed by atoms with Gasteiger partial charge in [-0.25, -0.2) is 4.98 Å². The quantitative estimate of drug-likeness (QED) is 0.786. The van der Waals surface area contributed by atoms with Crippen LogP contribution >= 0.6 is 0 Å². The van der Waals surface area contributed by atoms with Gasteiger partial charge < -0.3 is 9.51 Å². The maximum atomic E-state index is 9.05. The second-order valence-electron chi connectivity index (χ2n) is 4.43. The van der Waals surface area contributed by atoms with E-state index in [2.05, 4.69) is 40.1 Å². The molecule has 0 aliphatic carbocycles. The average molecular weight is 245 g/mol. The highest BCUT2D eigenvalue weighted by Crippen LogP contribution is 2.11. The minimum Gasteiger partial charge on any atom is -0.395 e. The van der Waals surface area contributed by atoms with E-state index in [0.29, 0.717) is 6.54 Å². The van der Waals surface area contributed by atoms with Crippen molar-refractivity contribution < 1.29 is 5.11 Å². The molecule has 2 aromatic rings. The number of aliphatic hydroxyl groups excluding tert-OH is 1. The molecule has 0 aliphatic heterocycles. The van der Waals surface area contributed by atoms with Crippen molar-refractivity contribution in [3.63, 3.8) is 0 Å². The van der Waals surface area contributed by atoms with Crippen LogP contribution in [0.2, 0.25) is 0 Å². The van der Waals surface area contributed by atoms with Crippen molar-refractivity contribution in [1.82, 2.24) is 14.3 Å². The lowest BCUT2D eigenvalue weighted by atomic mass is 10.3. The molecule has 4 heteroatoms. The summed E-state index contributed by atoms with van der Waals surface area (Å²) >= 11 is 0. The predicted octanol–water partition coefficient (Wildman–Crippen LogP) is 1.62. The predicted molar refractivity (Wildman–Crippen MR) is 72.5 cm³/mol. The van der Waals surface area contributed by atoms with E-state index < -0.39 is 0 Å². The molecule has 4 nitrogen and oxygen atoms in total. The van der Waals surface area contributed by atoms with E-state index in [1.165, 1.54) is 5.56 Å². The van der Waals surface area contributed by atoms with E-state index in [0.717, 1.165) is 24.4 Å². The molecule has 0 atom stereocenters. The Bertz CT molecular complexity index is 533. The molecule has 2 heterocycles. The largest absolute Gasteiger partial charge is 0.395 e. The van der Waals surface area contributed by atoms with Crippen LogP contribution in [0.1, 0.15) is 11.3 Å². The van der Waals surface area contributed by atoms with E-state index in [1.54, 1.807) is 0 Å². The zero-order valence-electron chi connectivity index (χ0n) is 10.7. The maximum absolute atomic E-state index is 9.05. The molecule has 0 spiro atoms. The van der Waals surface area contributed by atoms with Crippen LogP contribution in [0.5, 0.6) is 0 Å². The number of hydrogen-bond donors (Lipinski definition) is 1. The normalized spacial score (nSPS) is 11.3. The Kier molecular flexibility index (Phi) is 4.12. The molecule has 18 heavy (non-hydrogen) atoms. The second-order valence-corrected chi connectivity index (χ2v) is 4.43. The smallest absolute Gasteiger partial charge is 0.136 e. The Balaban J connectivity index is 2.24. The maximum Gasteiger partial charge on any atom is 0.136 e. The molecule has 2 aromatic heterocycles. The van der Waals surface area contributed by atoms with E-state index in [9.17, 15) is 0 Å². The summed E-state index contributed by atoms with van der Waals surface area (Å²) in [6.07, 6.45) is 5.83. The molecule has 0 saturated carbocycles. The number of rotatable bonds is 6. The third kappa shape index (κ3) is 2.78. The van der Waals surface area contributed by atoms with Crippen molar-refractivity contribution in [2.75, 3.05) is 19.7 Å². The molecule has 0 bridgehead atoms. The van der Waals surface area contributed by atoms with Crippen LogP contribution in [0.15, 0.2) is 37.2 Å². The number of fused-ring (bicyclic) bond motifs is 1. The Hall–Kier alpha value is -1.65. The molecule has 96 valence electrons. The first kappa shape index (κ1) is 12.8. The van der Waals surface area contributed by atoms with Crippen LogP contribution < -0.4 is 0 Å². The Morgan fingerprint density at radius 3 is 3.06 bits per heavy atom. The minimum absolute atomic E-state index is 0.156. The molecule has 0 fully saturated rings. The first-order valence-electron chi connectivity index (χ1n) is 6.11. The molecular weight excluding hydrogens is 226 g/mol. The summed E-state index contributed by atoms with van der Waals surface area (Å²) < 4.78 is 2.10. The van der Waals surface area contributed by atoms with Crippen LogP contribution in [0.4, 0.5) is 0 Å². The molecule has 0 aromatic carbocycles.